The maximum atomic E-state index is 3.51. The predicted octanol–water partition coefficient (Wildman–Crippen LogP) is 3.71. The number of rotatable bonds is 7. The van der Waals surface area contributed by atoms with Crippen molar-refractivity contribution in [1.82, 2.24) is 4.90 Å². The van der Waals surface area contributed by atoms with E-state index < -0.39 is 0 Å². The van der Waals surface area contributed by atoms with Crippen LogP contribution < -0.4 is 5.32 Å². The minimum Gasteiger partial charge on any atom is -0.384 e. The molecule has 100 valence electrons. The third kappa shape index (κ3) is 3.49. The Hall–Kier alpha value is -1.02. The van der Waals surface area contributed by atoms with Crippen molar-refractivity contribution in [1.29, 1.82) is 0 Å². The van der Waals surface area contributed by atoms with Gasteiger partial charge in [0.1, 0.15) is 0 Å². The maximum Gasteiger partial charge on any atom is 0.0376 e. The van der Waals surface area contributed by atoms with Gasteiger partial charge < -0.3 is 10.2 Å². The summed E-state index contributed by atoms with van der Waals surface area (Å²) in [5.74, 6) is 0.704. The highest BCUT2D eigenvalue weighted by atomic mass is 15.1. The van der Waals surface area contributed by atoms with Crippen LogP contribution in [0.1, 0.15) is 44.1 Å². The molecule has 2 rings (SSSR count). The third-order valence-corrected chi connectivity index (χ3v) is 3.94. The van der Waals surface area contributed by atoms with Crippen molar-refractivity contribution in [2.45, 2.75) is 38.5 Å². The number of fused-ring (bicyclic) bond motifs is 1. The van der Waals surface area contributed by atoms with Crippen LogP contribution in [-0.4, -0.2) is 31.6 Å². The number of benzene rings is 1. The van der Waals surface area contributed by atoms with Gasteiger partial charge in [-0.1, -0.05) is 38.0 Å². The standard InChI is InChI=1S/C16H26N2/c1-3-4-7-11-18(2)12-10-14-13-17-16-9-6-5-8-15(14)16/h5-6,8-9,14,17H,3-4,7,10-13H2,1-2H3. The first-order valence-electron chi connectivity index (χ1n) is 7.32. The van der Waals surface area contributed by atoms with Crippen molar-refractivity contribution < 1.29 is 0 Å². The Labute approximate surface area is 111 Å². The molecule has 0 aliphatic carbocycles. The summed E-state index contributed by atoms with van der Waals surface area (Å²) in [7, 11) is 2.25. The molecule has 1 aromatic carbocycles. The summed E-state index contributed by atoms with van der Waals surface area (Å²) in [5, 5.41) is 3.51. The summed E-state index contributed by atoms with van der Waals surface area (Å²) in [5.41, 5.74) is 2.86. The lowest BCUT2D eigenvalue weighted by Crippen LogP contribution is -2.22. The fourth-order valence-corrected chi connectivity index (χ4v) is 2.73. The number of unbranched alkanes of at least 4 members (excludes halogenated alkanes) is 2. The molecule has 0 saturated heterocycles. The zero-order chi connectivity index (χ0) is 12.8. The van der Waals surface area contributed by atoms with E-state index in [1.165, 1.54) is 50.0 Å². The Morgan fingerprint density at radius 2 is 2.06 bits per heavy atom. The Balaban J connectivity index is 1.75. The molecule has 0 amide bonds. The van der Waals surface area contributed by atoms with E-state index in [1.54, 1.807) is 0 Å². The molecule has 1 aliphatic heterocycles. The summed E-state index contributed by atoms with van der Waals surface area (Å²) in [4.78, 5) is 2.48. The lowest BCUT2D eigenvalue weighted by molar-refractivity contribution is 0.313. The largest absolute Gasteiger partial charge is 0.384 e. The van der Waals surface area contributed by atoms with Gasteiger partial charge in [0, 0.05) is 18.2 Å². The molecule has 1 unspecified atom stereocenters. The van der Waals surface area contributed by atoms with E-state index in [9.17, 15) is 0 Å². The van der Waals surface area contributed by atoms with Crippen LogP contribution in [0.5, 0.6) is 0 Å². The van der Waals surface area contributed by atoms with Crippen molar-refractivity contribution in [2.24, 2.45) is 0 Å². The number of para-hydroxylation sites is 1. The van der Waals surface area contributed by atoms with Gasteiger partial charge >= 0.3 is 0 Å². The van der Waals surface area contributed by atoms with E-state index in [0.717, 1.165) is 6.54 Å². The van der Waals surface area contributed by atoms with Crippen molar-refractivity contribution in [3.05, 3.63) is 29.8 Å². The van der Waals surface area contributed by atoms with Crippen molar-refractivity contribution in [3.63, 3.8) is 0 Å². The van der Waals surface area contributed by atoms with Crippen LogP contribution in [0.2, 0.25) is 0 Å². The molecule has 2 heteroatoms. The Morgan fingerprint density at radius 3 is 2.89 bits per heavy atom. The van der Waals surface area contributed by atoms with Crippen LogP contribution in [0.4, 0.5) is 5.69 Å². The Bertz CT molecular complexity index is 362. The molecular formula is C16H26N2. The lowest BCUT2D eigenvalue weighted by atomic mass is 9.98. The van der Waals surface area contributed by atoms with Gasteiger partial charge in [0.2, 0.25) is 0 Å². The Kier molecular flexibility index (Phi) is 5.06. The van der Waals surface area contributed by atoms with E-state index in [0.29, 0.717) is 5.92 Å². The highest BCUT2D eigenvalue weighted by molar-refractivity contribution is 5.57. The van der Waals surface area contributed by atoms with Crippen LogP contribution >= 0.6 is 0 Å². The monoisotopic (exact) mass is 246 g/mol. The minimum atomic E-state index is 0.704. The highest BCUT2D eigenvalue weighted by Crippen LogP contribution is 2.33. The first kappa shape index (κ1) is 13.4. The molecule has 1 aliphatic rings. The number of nitrogens with zero attached hydrogens (tertiary/aromatic N) is 1. The zero-order valence-corrected chi connectivity index (χ0v) is 11.8. The van der Waals surface area contributed by atoms with E-state index in [2.05, 4.69) is 48.5 Å². The second kappa shape index (κ2) is 6.79. The smallest absolute Gasteiger partial charge is 0.0376 e. The van der Waals surface area contributed by atoms with E-state index in [4.69, 9.17) is 0 Å². The Morgan fingerprint density at radius 1 is 1.22 bits per heavy atom. The van der Waals surface area contributed by atoms with Gasteiger partial charge in [0.25, 0.3) is 0 Å². The number of anilines is 1. The second-order valence-electron chi connectivity index (χ2n) is 5.46. The SMILES string of the molecule is CCCCCN(C)CCC1CNc2ccccc21. The maximum absolute atomic E-state index is 3.51. The summed E-state index contributed by atoms with van der Waals surface area (Å²) in [6, 6.07) is 8.74. The molecule has 18 heavy (non-hydrogen) atoms. The number of nitrogens with one attached hydrogen (secondary N) is 1. The van der Waals surface area contributed by atoms with E-state index in [-0.39, 0.29) is 0 Å². The van der Waals surface area contributed by atoms with Gasteiger partial charge in [-0.15, -0.1) is 0 Å². The quantitative estimate of drug-likeness (QED) is 0.738. The first-order chi connectivity index (χ1) is 8.81. The van der Waals surface area contributed by atoms with Gasteiger partial charge in [-0.3, -0.25) is 0 Å². The third-order valence-electron chi connectivity index (χ3n) is 3.94. The van der Waals surface area contributed by atoms with E-state index in [1.807, 2.05) is 0 Å². The molecule has 0 fully saturated rings. The van der Waals surface area contributed by atoms with Crippen LogP contribution in [0.3, 0.4) is 0 Å². The van der Waals surface area contributed by atoms with Gasteiger partial charge in [-0.2, -0.15) is 0 Å². The molecule has 0 spiro atoms. The molecule has 0 aromatic heterocycles. The van der Waals surface area contributed by atoms with Crippen molar-refractivity contribution in [2.75, 3.05) is 32.0 Å². The van der Waals surface area contributed by atoms with Crippen LogP contribution in [0.25, 0.3) is 0 Å². The first-order valence-corrected chi connectivity index (χ1v) is 7.32. The fourth-order valence-electron chi connectivity index (χ4n) is 2.73. The topological polar surface area (TPSA) is 15.3 Å². The van der Waals surface area contributed by atoms with Crippen LogP contribution in [-0.2, 0) is 0 Å². The summed E-state index contributed by atoms with van der Waals surface area (Å²) >= 11 is 0. The van der Waals surface area contributed by atoms with Crippen LogP contribution in [0, 0.1) is 0 Å². The molecule has 1 heterocycles. The summed E-state index contributed by atoms with van der Waals surface area (Å²) in [6.45, 7) is 5.84. The van der Waals surface area contributed by atoms with Gasteiger partial charge in [-0.05, 0) is 44.6 Å². The molecule has 0 bridgehead atoms. The molecule has 1 aromatic rings. The summed E-state index contributed by atoms with van der Waals surface area (Å²) in [6.07, 6.45) is 5.28. The van der Waals surface area contributed by atoms with Gasteiger partial charge in [0.05, 0.1) is 0 Å². The average molecular weight is 246 g/mol. The molecule has 1 atom stereocenters. The van der Waals surface area contributed by atoms with Crippen molar-refractivity contribution in [3.8, 4) is 0 Å². The van der Waals surface area contributed by atoms with Crippen LogP contribution in [0.15, 0.2) is 24.3 Å². The molecule has 1 N–H and O–H groups in total. The predicted molar refractivity (Wildman–Crippen MR) is 79.3 cm³/mol. The van der Waals surface area contributed by atoms with Gasteiger partial charge in [0.15, 0.2) is 0 Å². The normalized spacial score (nSPS) is 17.8. The fraction of sp³-hybridized carbons (Fsp3) is 0.625. The van der Waals surface area contributed by atoms with E-state index >= 15 is 0 Å². The number of hydrogen-bond acceptors (Lipinski definition) is 2. The average Bonchev–Trinajstić information content (AvgIpc) is 2.80. The van der Waals surface area contributed by atoms with Crippen molar-refractivity contribution >= 4 is 5.69 Å². The molecule has 0 radical (unpaired) electrons. The number of hydrogen-bond donors (Lipinski definition) is 1. The highest BCUT2D eigenvalue weighted by Gasteiger charge is 2.21. The zero-order valence-electron chi connectivity index (χ0n) is 11.8. The van der Waals surface area contributed by atoms with Gasteiger partial charge in [-0.25, -0.2) is 0 Å². The lowest BCUT2D eigenvalue weighted by Gasteiger charge is -2.19. The molecule has 0 saturated carbocycles. The minimum absolute atomic E-state index is 0.704. The molecular weight excluding hydrogens is 220 g/mol. The molecule has 2 nitrogen and oxygen atoms in total. The summed E-state index contributed by atoms with van der Waals surface area (Å²) < 4.78 is 0. The second-order valence-corrected chi connectivity index (χ2v) is 5.46.